The third-order valence-electron chi connectivity index (χ3n) is 0.494. The van der Waals surface area contributed by atoms with E-state index < -0.39 is 0 Å². The quantitative estimate of drug-likeness (QED) is 0.450. The summed E-state index contributed by atoms with van der Waals surface area (Å²) in [5.41, 5.74) is 0. The molecule has 1 aliphatic rings. The van der Waals surface area contributed by atoms with Crippen LogP contribution in [0.5, 0.6) is 0 Å². The van der Waals surface area contributed by atoms with Gasteiger partial charge in [-0.2, -0.15) is 0 Å². The van der Waals surface area contributed by atoms with E-state index in [1.807, 2.05) is 11.3 Å². The molecule has 0 aromatic carbocycles. The Balaban J connectivity index is 2.38. The second kappa shape index (κ2) is 1.53. The number of nitrogens with zero attached hydrogens (tertiary/aromatic N) is 1. The third-order valence-corrected chi connectivity index (χ3v) is 1.14. The molecule has 0 fully saturated rings. The lowest BCUT2D eigenvalue weighted by Crippen LogP contribution is -2.16. The molecular formula is C3H5N2S. The van der Waals surface area contributed by atoms with Gasteiger partial charge in [-0.25, -0.2) is 5.84 Å². The van der Waals surface area contributed by atoms with Gasteiger partial charge in [0.05, 0.1) is 0 Å². The summed E-state index contributed by atoms with van der Waals surface area (Å²) in [6, 6.07) is 0. The fourth-order valence-corrected chi connectivity index (χ4v) is 0.738. The van der Waals surface area contributed by atoms with Gasteiger partial charge in [0.15, 0.2) is 0 Å². The Morgan fingerprint density at radius 1 is 1.67 bits per heavy atom. The molecule has 2 nitrogen and oxygen atoms in total. The Bertz CT molecular complexity index is 71.2. The summed E-state index contributed by atoms with van der Waals surface area (Å²) in [6.07, 6.45) is 1.80. The van der Waals surface area contributed by atoms with Gasteiger partial charge in [-0.05, 0) is 5.41 Å². The molecule has 3 heteroatoms. The maximum absolute atomic E-state index is 5.20. The summed E-state index contributed by atoms with van der Waals surface area (Å²) in [4.78, 5) is 0. The van der Waals surface area contributed by atoms with Crippen molar-refractivity contribution in [2.45, 2.75) is 0 Å². The highest BCUT2D eigenvalue weighted by atomic mass is 32.2. The predicted molar refractivity (Wildman–Crippen MR) is 27.1 cm³/mol. The van der Waals surface area contributed by atoms with Crippen molar-refractivity contribution in [2.24, 2.45) is 5.84 Å². The smallest absolute Gasteiger partial charge is 0.125 e. The number of rotatable bonds is 0. The van der Waals surface area contributed by atoms with Gasteiger partial charge in [0.25, 0.3) is 0 Å². The number of hydrogen-bond acceptors (Lipinski definition) is 3. The first kappa shape index (κ1) is 4.02. The average molecular weight is 101 g/mol. The predicted octanol–water partition coefficient (Wildman–Crippen LogP) is 0.499. The van der Waals surface area contributed by atoms with Crippen molar-refractivity contribution in [3.63, 3.8) is 0 Å². The highest BCUT2D eigenvalue weighted by molar-refractivity contribution is 8.04. The average Bonchev–Trinajstić information content (AvgIpc) is 1.86. The lowest BCUT2D eigenvalue weighted by atomic mass is 11.0. The fourth-order valence-electron chi connectivity index (χ4n) is 0.246. The summed E-state index contributed by atoms with van der Waals surface area (Å²) in [6.45, 7) is 0. The number of nitrogens with two attached hydrogens (primary N) is 1. The van der Waals surface area contributed by atoms with E-state index in [4.69, 9.17) is 5.84 Å². The van der Waals surface area contributed by atoms with Crippen molar-refractivity contribution in [3.05, 3.63) is 17.5 Å². The van der Waals surface area contributed by atoms with Gasteiger partial charge in [0, 0.05) is 6.20 Å². The maximum atomic E-state index is 5.20. The van der Waals surface area contributed by atoms with Crippen LogP contribution in [0.15, 0.2) is 11.6 Å². The molecule has 1 aliphatic heterocycles. The first-order valence-electron chi connectivity index (χ1n) is 1.58. The molecule has 1 heterocycles. The minimum atomic E-state index is 1.52. The van der Waals surface area contributed by atoms with Crippen LogP contribution in [-0.2, 0) is 0 Å². The second-order valence-electron chi connectivity index (χ2n) is 0.974. The van der Waals surface area contributed by atoms with E-state index in [-0.39, 0.29) is 0 Å². The Hall–Kier alpha value is -0.150. The van der Waals surface area contributed by atoms with Crippen molar-refractivity contribution < 1.29 is 0 Å². The zero-order chi connectivity index (χ0) is 4.41. The summed E-state index contributed by atoms with van der Waals surface area (Å²) >= 11 is 1.58. The first-order chi connectivity index (χ1) is 2.89. The molecule has 2 N–H and O–H groups in total. The number of hydrazine groups is 1. The summed E-state index contributed by atoms with van der Waals surface area (Å²) < 4.78 is 0. The molecule has 0 bridgehead atoms. The van der Waals surface area contributed by atoms with E-state index in [1.165, 1.54) is 5.01 Å². The Morgan fingerprint density at radius 3 is 2.67 bits per heavy atom. The third kappa shape index (κ3) is 0.666. The van der Waals surface area contributed by atoms with Crippen molar-refractivity contribution in [1.29, 1.82) is 0 Å². The highest BCUT2D eigenvalue weighted by Gasteiger charge is 1.95. The number of thioether (sulfide) groups is 1. The van der Waals surface area contributed by atoms with Gasteiger partial charge in [-0.3, -0.25) is 0 Å². The molecule has 0 saturated heterocycles. The summed E-state index contributed by atoms with van der Waals surface area (Å²) in [7, 11) is 0. The van der Waals surface area contributed by atoms with Crippen molar-refractivity contribution in [3.8, 4) is 0 Å². The molecule has 0 aliphatic carbocycles. The summed E-state index contributed by atoms with van der Waals surface area (Å²) in [5.74, 6) is 7.02. The molecule has 6 heavy (non-hydrogen) atoms. The SMILES string of the molecule is NN1[CH]SC=C1. The molecule has 0 atom stereocenters. The molecule has 33 valence electrons. The van der Waals surface area contributed by atoms with E-state index in [2.05, 4.69) is 0 Å². The van der Waals surface area contributed by atoms with Crippen LogP contribution in [0.1, 0.15) is 0 Å². The van der Waals surface area contributed by atoms with Gasteiger partial charge in [0.2, 0.25) is 0 Å². The van der Waals surface area contributed by atoms with Gasteiger partial charge < -0.3 is 5.01 Å². The Kier molecular flexibility index (Phi) is 1.03. The van der Waals surface area contributed by atoms with Crippen LogP contribution in [0.2, 0.25) is 0 Å². The molecular weight excluding hydrogens is 96.1 g/mol. The highest BCUT2D eigenvalue weighted by Crippen LogP contribution is 2.15. The first-order valence-corrected chi connectivity index (χ1v) is 2.52. The molecule has 0 unspecified atom stereocenters. The minimum Gasteiger partial charge on any atom is -0.301 e. The van der Waals surface area contributed by atoms with E-state index in [0.29, 0.717) is 0 Å². The Morgan fingerprint density at radius 2 is 2.50 bits per heavy atom. The van der Waals surface area contributed by atoms with Crippen LogP contribution in [0.4, 0.5) is 0 Å². The molecule has 0 saturated carbocycles. The normalized spacial score (nSPS) is 19.8. The van der Waals surface area contributed by atoms with Crippen molar-refractivity contribution >= 4 is 11.8 Å². The lowest BCUT2D eigenvalue weighted by Gasteiger charge is -2.00. The van der Waals surface area contributed by atoms with Crippen LogP contribution in [0.3, 0.4) is 0 Å². The van der Waals surface area contributed by atoms with Gasteiger partial charge in [0.1, 0.15) is 5.88 Å². The Labute approximate surface area is 41.0 Å². The van der Waals surface area contributed by atoms with Gasteiger partial charge in [-0.15, -0.1) is 11.8 Å². The zero-order valence-corrected chi connectivity index (χ0v) is 3.98. The van der Waals surface area contributed by atoms with Gasteiger partial charge >= 0.3 is 0 Å². The standard InChI is InChI=1S/C3H5N2S/c4-5-1-2-6-3-5/h1-3H,4H2. The van der Waals surface area contributed by atoms with E-state index in [9.17, 15) is 0 Å². The maximum Gasteiger partial charge on any atom is 0.125 e. The van der Waals surface area contributed by atoms with E-state index in [1.54, 1.807) is 18.0 Å². The topological polar surface area (TPSA) is 29.3 Å². The lowest BCUT2D eigenvalue weighted by molar-refractivity contribution is 0.528. The van der Waals surface area contributed by atoms with Crippen LogP contribution in [-0.4, -0.2) is 5.01 Å². The van der Waals surface area contributed by atoms with Crippen LogP contribution in [0.25, 0.3) is 0 Å². The molecule has 0 amide bonds. The second-order valence-corrected chi connectivity index (χ2v) is 1.73. The largest absolute Gasteiger partial charge is 0.301 e. The molecule has 1 rings (SSSR count). The van der Waals surface area contributed by atoms with Crippen LogP contribution < -0.4 is 5.84 Å². The molecule has 1 radical (unpaired) electrons. The van der Waals surface area contributed by atoms with Crippen LogP contribution >= 0.6 is 11.8 Å². The molecule has 0 aromatic heterocycles. The van der Waals surface area contributed by atoms with Crippen LogP contribution in [0, 0.1) is 5.88 Å². The fraction of sp³-hybridized carbons (Fsp3) is 0. The number of hydrogen-bond donors (Lipinski definition) is 1. The zero-order valence-electron chi connectivity index (χ0n) is 3.16. The van der Waals surface area contributed by atoms with Gasteiger partial charge in [-0.1, -0.05) is 0 Å². The minimum absolute atomic E-state index is 1.52. The summed E-state index contributed by atoms with van der Waals surface area (Å²) in [5, 5.41) is 3.44. The van der Waals surface area contributed by atoms with Crippen molar-refractivity contribution in [2.75, 3.05) is 0 Å². The van der Waals surface area contributed by atoms with E-state index in [0.717, 1.165) is 0 Å². The van der Waals surface area contributed by atoms with Crippen molar-refractivity contribution in [1.82, 2.24) is 5.01 Å². The molecule has 0 aromatic rings. The monoisotopic (exact) mass is 101 g/mol. The molecule has 0 spiro atoms. The van der Waals surface area contributed by atoms with E-state index >= 15 is 0 Å².